The van der Waals surface area contributed by atoms with Crippen LogP contribution in [0.2, 0.25) is 0 Å². The summed E-state index contributed by atoms with van der Waals surface area (Å²) in [4.78, 5) is 25.4. The van der Waals surface area contributed by atoms with Crippen molar-refractivity contribution in [2.75, 3.05) is 0 Å². The van der Waals surface area contributed by atoms with Crippen LogP contribution in [0.5, 0.6) is 0 Å². The zero-order valence-corrected chi connectivity index (χ0v) is 14.3. The molecule has 0 aromatic heterocycles. The van der Waals surface area contributed by atoms with Gasteiger partial charge in [-0.15, -0.1) is 13.2 Å². The van der Waals surface area contributed by atoms with Crippen molar-refractivity contribution in [2.24, 2.45) is 5.41 Å². The van der Waals surface area contributed by atoms with E-state index in [2.05, 4.69) is 23.8 Å². The predicted octanol–water partition coefficient (Wildman–Crippen LogP) is 2.95. The van der Waals surface area contributed by atoms with Crippen LogP contribution >= 0.6 is 0 Å². The Hall–Kier alpha value is -1.58. The first kappa shape index (κ1) is 19.4. The Morgan fingerprint density at radius 2 is 1.10 bits per heavy atom. The molecule has 21 heavy (non-hydrogen) atoms. The van der Waals surface area contributed by atoms with Crippen molar-refractivity contribution in [1.82, 2.24) is 10.6 Å². The Kier molecular flexibility index (Phi) is 6.40. The fourth-order valence-electron chi connectivity index (χ4n) is 1.97. The highest BCUT2D eigenvalue weighted by molar-refractivity contribution is 6.05. The Bertz CT molecular complexity index is 371. The Labute approximate surface area is 129 Å². The fraction of sp³-hybridized carbons (Fsp3) is 0.647. The highest BCUT2D eigenvalue weighted by atomic mass is 16.2. The van der Waals surface area contributed by atoms with Gasteiger partial charge in [-0.25, -0.2) is 0 Å². The van der Waals surface area contributed by atoms with E-state index in [0.29, 0.717) is 0 Å². The van der Waals surface area contributed by atoms with Crippen LogP contribution in [-0.4, -0.2) is 22.9 Å². The molecule has 0 radical (unpaired) electrons. The molecule has 0 saturated carbocycles. The summed E-state index contributed by atoms with van der Waals surface area (Å²) in [5.41, 5.74) is -2.02. The van der Waals surface area contributed by atoms with Gasteiger partial charge in [0.05, 0.1) is 0 Å². The number of allylic oxidation sites excluding steroid dienone is 2. The standard InChI is InChI=1S/C17H30N2O2/c1-9-11-17(12-10-2,13(20)18-15(3,4)5)14(21)19-16(6,7)8/h9-10H,1-2,11-12H2,3-8H3,(H,18,20)(H,19,21). The van der Waals surface area contributed by atoms with E-state index in [-0.39, 0.29) is 24.7 Å². The van der Waals surface area contributed by atoms with Crippen LogP contribution in [0.4, 0.5) is 0 Å². The van der Waals surface area contributed by atoms with Crippen molar-refractivity contribution >= 4 is 11.8 Å². The van der Waals surface area contributed by atoms with E-state index in [1.54, 1.807) is 12.2 Å². The topological polar surface area (TPSA) is 58.2 Å². The molecular formula is C17H30N2O2. The van der Waals surface area contributed by atoms with Gasteiger partial charge < -0.3 is 10.6 Å². The van der Waals surface area contributed by atoms with Crippen LogP contribution in [0, 0.1) is 5.41 Å². The first-order chi connectivity index (χ1) is 9.38. The summed E-state index contributed by atoms with van der Waals surface area (Å²) < 4.78 is 0. The van der Waals surface area contributed by atoms with E-state index in [9.17, 15) is 9.59 Å². The molecule has 0 aromatic carbocycles. The number of amides is 2. The normalized spacial score (nSPS) is 12.5. The lowest BCUT2D eigenvalue weighted by Gasteiger charge is -2.35. The number of carbonyl (C=O) groups excluding carboxylic acids is 2. The van der Waals surface area contributed by atoms with Crippen molar-refractivity contribution in [2.45, 2.75) is 65.5 Å². The molecule has 120 valence electrons. The second kappa shape index (κ2) is 6.92. The van der Waals surface area contributed by atoms with Crippen molar-refractivity contribution in [3.63, 3.8) is 0 Å². The maximum Gasteiger partial charge on any atom is 0.236 e. The maximum absolute atomic E-state index is 12.7. The zero-order chi connectivity index (χ0) is 16.9. The summed E-state index contributed by atoms with van der Waals surface area (Å²) in [5, 5.41) is 5.80. The first-order valence-corrected chi connectivity index (χ1v) is 7.25. The second-order valence-electron chi connectivity index (χ2n) is 7.48. The third kappa shape index (κ3) is 6.15. The summed E-state index contributed by atoms with van der Waals surface area (Å²) in [5.74, 6) is -0.590. The van der Waals surface area contributed by atoms with Crippen LogP contribution in [-0.2, 0) is 9.59 Å². The molecule has 0 unspecified atom stereocenters. The van der Waals surface area contributed by atoms with Crippen molar-refractivity contribution in [3.8, 4) is 0 Å². The molecule has 0 aromatic rings. The molecule has 0 spiro atoms. The van der Waals surface area contributed by atoms with Gasteiger partial charge in [0.2, 0.25) is 11.8 Å². The van der Waals surface area contributed by atoms with Crippen molar-refractivity contribution in [1.29, 1.82) is 0 Å². The molecular weight excluding hydrogens is 264 g/mol. The summed E-state index contributed by atoms with van der Waals surface area (Å²) in [6.45, 7) is 18.7. The zero-order valence-electron chi connectivity index (χ0n) is 14.3. The van der Waals surface area contributed by atoms with E-state index < -0.39 is 16.5 Å². The fourth-order valence-corrected chi connectivity index (χ4v) is 1.97. The smallest absolute Gasteiger partial charge is 0.236 e. The monoisotopic (exact) mass is 294 g/mol. The molecule has 0 atom stereocenters. The van der Waals surface area contributed by atoms with Gasteiger partial charge in [0.25, 0.3) is 0 Å². The minimum absolute atomic E-state index is 0.267. The lowest BCUT2D eigenvalue weighted by molar-refractivity contribution is -0.145. The molecule has 0 heterocycles. The Morgan fingerprint density at radius 1 is 0.810 bits per heavy atom. The van der Waals surface area contributed by atoms with E-state index in [4.69, 9.17) is 0 Å². The average molecular weight is 294 g/mol. The quantitative estimate of drug-likeness (QED) is 0.584. The minimum atomic E-state index is -1.20. The lowest BCUT2D eigenvalue weighted by Crippen LogP contribution is -2.57. The molecule has 2 N–H and O–H groups in total. The van der Waals surface area contributed by atoms with E-state index in [0.717, 1.165) is 0 Å². The Balaban J connectivity index is 5.63. The minimum Gasteiger partial charge on any atom is -0.351 e. The third-order valence-electron chi connectivity index (χ3n) is 2.83. The SMILES string of the molecule is C=CCC(CC=C)(C(=O)NC(C)(C)C)C(=O)NC(C)(C)C. The van der Waals surface area contributed by atoms with Gasteiger partial charge >= 0.3 is 0 Å². The molecule has 2 amide bonds. The van der Waals surface area contributed by atoms with Crippen LogP contribution in [0.25, 0.3) is 0 Å². The summed E-state index contributed by atoms with van der Waals surface area (Å²) in [6, 6.07) is 0. The van der Waals surface area contributed by atoms with Gasteiger partial charge in [0.1, 0.15) is 5.41 Å². The van der Waals surface area contributed by atoms with Crippen LogP contribution < -0.4 is 10.6 Å². The lowest BCUT2D eigenvalue weighted by atomic mass is 9.77. The first-order valence-electron chi connectivity index (χ1n) is 7.25. The van der Waals surface area contributed by atoms with E-state index in [1.165, 1.54) is 0 Å². The highest BCUT2D eigenvalue weighted by Crippen LogP contribution is 2.30. The van der Waals surface area contributed by atoms with Gasteiger partial charge in [-0.3, -0.25) is 9.59 Å². The number of hydrogen-bond acceptors (Lipinski definition) is 2. The molecule has 0 bridgehead atoms. The highest BCUT2D eigenvalue weighted by Gasteiger charge is 2.45. The average Bonchev–Trinajstić information content (AvgIpc) is 2.23. The molecule has 0 rings (SSSR count). The van der Waals surface area contributed by atoms with Gasteiger partial charge in [0.15, 0.2) is 0 Å². The van der Waals surface area contributed by atoms with Crippen LogP contribution in [0.3, 0.4) is 0 Å². The molecule has 0 aliphatic carbocycles. The summed E-state index contributed by atoms with van der Waals surface area (Å²) in [6.07, 6.45) is 3.74. The number of carbonyl (C=O) groups is 2. The van der Waals surface area contributed by atoms with Gasteiger partial charge in [0, 0.05) is 11.1 Å². The number of hydrogen-bond donors (Lipinski definition) is 2. The molecule has 4 nitrogen and oxygen atoms in total. The third-order valence-corrected chi connectivity index (χ3v) is 2.83. The van der Waals surface area contributed by atoms with Gasteiger partial charge in [-0.2, -0.15) is 0 Å². The molecule has 0 saturated heterocycles. The molecule has 0 aliphatic rings. The van der Waals surface area contributed by atoms with Gasteiger partial charge in [-0.05, 0) is 54.4 Å². The molecule has 0 fully saturated rings. The van der Waals surface area contributed by atoms with Gasteiger partial charge in [-0.1, -0.05) is 12.2 Å². The van der Waals surface area contributed by atoms with Crippen LogP contribution in [0.1, 0.15) is 54.4 Å². The van der Waals surface area contributed by atoms with Crippen molar-refractivity contribution < 1.29 is 9.59 Å². The maximum atomic E-state index is 12.7. The molecule has 0 aliphatic heterocycles. The number of rotatable bonds is 6. The second-order valence-corrected chi connectivity index (χ2v) is 7.48. The summed E-state index contributed by atoms with van der Waals surface area (Å²) >= 11 is 0. The predicted molar refractivity (Wildman–Crippen MR) is 87.9 cm³/mol. The summed E-state index contributed by atoms with van der Waals surface area (Å²) in [7, 11) is 0. The van der Waals surface area contributed by atoms with Crippen LogP contribution in [0.15, 0.2) is 25.3 Å². The van der Waals surface area contributed by atoms with Crippen molar-refractivity contribution in [3.05, 3.63) is 25.3 Å². The Morgan fingerprint density at radius 3 is 1.29 bits per heavy atom. The largest absolute Gasteiger partial charge is 0.351 e. The van der Waals surface area contributed by atoms with E-state index >= 15 is 0 Å². The van der Waals surface area contributed by atoms with E-state index in [1.807, 2.05) is 41.5 Å². The number of nitrogens with one attached hydrogen (secondary N) is 2. The molecule has 4 heteroatoms.